The second kappa shape index (κ2) is 2.10. The van der Waals surface area contributed by atoms with Crippen molar-refractivity contribution in [2.45, 2.75) is 12.8 Å². The highest BCUT2D eigenvalue weighted by Gasteiger charge is 2.20. The second-order valence-electron chi connectivity index (χ2n) is 3.44. The van der Waals surface area contributed by atoms with E-state index in [0.717, 1.165) is 12.8 Å². The Bertz CT molecular complexity index is 394. The molecular formula is C12H10. The van der Waals surface area contributed by atoms with Crippen LogP contribution in [-0.4, -0.2) is 0 Å². The molecule has 0 saturated carbocycles. The van der Waals surface area contributed by atoms with Crippen LogP contribution >= 0.6 is 0 Å². The summed E-state index contributed by atoms with van der Waals surface area (Å²) in [6.07, 6.45) is 6.84. The van der Waals surface area contributed by atoms with Gasteiger partial charge in [-0.15, -0.1) is 0 Å². The summed E-state index contributed by atoms with van der Waals surface area (Å²) in [7, 11) is 0. The van der Waals surface area contributed by atoms with Gasteiger partial charge in [-0.2, -0.15) is 0 Å². The van der Waals surface area contributed by atoms with Crippen LogP contribution in [0.2, 0.25) is 0 Å². The average molecular weight is 154 g/mol. The summed E-state index contributed by atoms with van der Waals surface area (Å²) in [6, 6.07) is 8.74. The van der Waals surface area contributed by atoms with Crippen LogP contribution in [0, 0.1) is 0 Å². The summed E-state index contributed by atoms with van der Waals surface area (Å²) in [5.41, 5.74) is 6.09. The maximum atomic E-state index is 2.27. The van der Waals surface area contributed by atoms with Gasteiger partial charge in [-0.3, -0.25) is 0 Å². The fraction of sp³-hybridized carbons (Fsp3) is 0.167. The number of hydrogen-bond donors (Lipinski definition) is 0. The van der Waals surface area contributed by atoms with Crippen molar-refractivity contribution in [2.75, 3.05) is 0 Å². The molecule has 0 radical (unpaired) electrons. The molecule has 0 aliphatic heterocycles. The van der Waals surface area contributed by atoms with E-state index in [2.05, 4.69) is 36.4 Å². The highest BCUT2D eigenvalue weighted by molar-refractivity contribution is 5.81. The number of allylic oxidation sites excluding steroid dienone is 4. The lowest BCUT2D eigenvalue weighted by molar-refractivity contribution is 1.25. The Morgan fingerprint density at radius 3 is 3.00 bits per heavy atom. The Labute approximate surface area is 72.2 Å². The van der Waals surface area contributed by atoms with Gasteiger partial charge in [0.15, 0.2) is 0 Å². The van der Waals surface area contributed by atoms with E-state index in [1.54, 1.807) is 5.57 Å². The summed E-state index contributed by atoms with van der Waals surface area (Å²) < 4.78 is 0. The van der Waals surface area contributed by atoms with Crippen LogP contribution < -0.4 is 0 Å². The van der Waals surface area contributed by atoms with Crippen molar-refractivity contribution in [3.63, 3.8) is 0 Å². The molecule has 0 nitrogen and oxygen atoms in total. The fourth-order valence-electron chi connectivity index (χ4n) is 2.17. The number of hydrogen-bond acceptors (Lipinski definition) is 0. The Morgan fingerprint density at radius 1 is 1.08 bits per heavy atom. The topological polar surface area (TPSA) is 0 Å². The van der Waals surface area contributed by atoms with Crippen molar-refractivity contribution in [1.82, 2.24) is 0 Å². The first-order valence-electron chi connectivity index (χ1n) is 4.42. The van der Waals surface area contributed by atoms with E-state index < -0.39 is 0 Å². The molecule has 0 fully saturated rings. The summed E-state index contributed by atoms with van der Waals surface area (Å²) in [5.74, 6) is 0. The van der Waals surface area contributed by atoms with Crippen LogP contribution in [0.4, 0.5) is 0 Å². The van der Waals surface area contributed by atoms with Crippen LogP contribution in [0.25, 0.3) is 5.57 Å². The number of fused-ring (bicyclic) bond motifs is 2. The van der Waals surface area contributed by atoms with E-state index in [-0.39, 0.29) is 0 Å². The molecule has 2 aliphatic carbocycles. The van der Waals surface area contributed by atoms with Crippen molar-refractivity contribution in [1.29, 1.82) is 0 Å². The molecule has 12 heavy (non-hydrogen) atoms. The van der Waals surface area contributed by atoms with Crippen LogP contribution in [0.15, 0.2) is 42.0 Å². The van der Waals surface area contributed by atoms with Gasteiger partial charge in [0.1, 0.15) is 0 Å². The molecular weight excluding hydrogens is 144 g/mol. The molecule has 0 heterocycles. The van der Waals surface area contributed by atoms with Crippen molar-refractivity contribution in [3.8, 4) is 0 Å². The Morgan fingerprint density at radius 2 is 2.00 bits per heavy atom. The predicted molar refractivity (Wildman–Crippen MR) is 50.8 cm³/mol. The molecule has 0 saturated heterocycles. The zero-order chi connectivity index (χ0) is 7.97. The van der Waals surface area contributed by atoms with Crippen molar-refractivity contribution in [3.05, 3.63) is 53.1 Å². The van der Waals surface area contributed by atoms with Crippen molar-refractivity contribution in [2.24, 2.45) is 0 Å². The third-order valence-corrected chi connectivity index (χ3v) is 2.75. The lowest BCUT2D eigenvalue weighted by Gasteiger charge is -2.00. The van der Waals surface area contributed by atoms with Gasteiger partial charge in [0.05, 0.1) is 0 Å². The second-order valence-corrected chi connectivity index (χ2v) is 3.44. The third kappa shape index (κ3) is 0.672. The summed E-state index contributed by atoms with van der Waals surface area (Å²) in [4.78, 5) is 0. The largest absolute Gasteiger partial charge is 0.0798 e. The Kier molecular flexibility index (Phi) is 1.09. The summed E-state index contributed by atoms with van der Waals surface area (Å²) in [6.45, 7) is 0. The molecule has 2 aliphatic rings. The molecule has 0 heteroatoms. The van der Waals surface area contributed by atoms with Gasteiger partial charge in [-0.05, 0) is 35.1 Å². The first-order valence-corrected chi connectivity index (χ1v) is 4.42. The van der Waals surface area contributed by atoms with Gasteiger partial charge in [-0.1, -0.05) is 36.4 Å². The van der Waals surface area contributed by atoms with Crippen LogP contribution in [0.1, 0.15) is 17.5 Å². The van der Waals surface area contributed by atoms with Crippen molar-refractivity contribution < 1.29 is 0 Å². The molecule has 1 aromatic carbocycles. The molecule has 0 amide bonds. The molecule has 0 aromatic heterocycles. The van der Waals surface area contributed by atoms with E-state index in [1.807, 2.05) is 0 Å². The fourth-order valence-corrected chi connectivity index (χ4v) is 2.17. The molecule has 3 rings (SSSR count). The molecule has 0 N–H and O–H groups in total. The monoisotopic (exact) mass is 154 g/mol. The number of rotatable bonds is 0. The van der Waals surface area contributed by atoms with E-state index >= 15 is 0 Å². The van der Waals surface area contributed by atoms with E-state index in [1.165, 1.54) is 16.7 Å². The maximum absolute atomic E-state index is 2.27. The molecule has 1 aromatic rings. The van der Waals surface area contributed by atoms with Gasteiger partial charge in [-0.25, -0.2) is 0 Å². The van der Waals surface area contributed by atoms with Crippen LogP contribution in [-0.2, 0) is 6.42 Å². The minimum atomic E-state index is 1.15. The van der Waals surface area contributed by atoms with Gasteiger partial charge in [0.25, 0.3) is 0 Å². The van der Waals surface area contributed by atoms with E-state index in [0.29, 0.717) is 0 Å². The van der Waals surface area contributed by atoms with E-state index in [9.17, 15) is 0 Å². The zero-order valence-electron chi connectivity index (χ0n) is 6.88. The van der Waals surface area contributed by atoms with Crippen LogP contribution in [0.5, 0.6) is 0 Å². The van der Waals surface area contributed by atoms with Gasteiger partial charge < -0.3 is 0 Å². The first kappa shape index (κ1) is 6.24. The van der Waals surface area contributed by atoms with Gasteiger partial charge in [0, 0.05) is 0 Å². The average Bonchev–Trinajstić information content (AvgIpc) is 2.62. The first-order chi connectivity index (χ1) is 5.95. The quantitative estimate of drug-likeness (QED) is 0.539. The summed E-state index contributed by atoms with van der Waals surface area (Å²) in [5, 5.41) is 0. The minimum absolute atomic E-state index is 1.15. The number of benzene rings is 1. The standard InChI is InChI=1S/C12H10/c1-2-6-11-9(4-1)8-10-5-3-7-12(10)11/h1-6H,7-8H2. The van der Waals surface area contributed by atoms with Gasteiger partial charge in [0.2, 0.25) is 0 Å². The van der Waals surface area contributed by atoms with Crippen molar-refractivity contribution >= 4 is 5.57 Å². The predicted octanol–water partition coefficient (Wildman–Crippen LogP) is 2.96. The van der Waals surface area contributed by atoms with Gasteiger partial charge >= 0.3 is 0 Å². The molecule has 0 atom stereocenters. The highest BCUT2D eigenvalue weighted by Crippen LogP contribution is 2.38. The third-order valence-electron chi connectivity index (χ3n) is 2.75. The van der Waals surface area contributed by atoms with Crippen LogP contribution in [0.3, 0.4) is 0 Å². The highest BCUT2D eigenvalue weighted by atomic mass is 14.2. The van der Waals surface area contributed by atoms with E-state index in [4.69, 9.17) is 0 Å². The zero-order valence-corrected chi connectivity index (χ0v) is 6.88. The minimum Gasteiger partial charge on any atom is -0.0798 e. The summed E-state index contributed by atoms with van der Waals surface area (Å²) >= 11 is 0. The molecule has 0 spiro atoms. The molecule has 58 valence electrons. The molecule has 0 bridgehead atoms. The molecule has 0 unspecified atom stereocenters. The Balaban J connectivity index is 2.21. The normalized spacial score (nSPS) is 18.3. The lowest BCUT2D eigenvalue weighted by Crippen LogP contribution is -1.82. The lowest BCUT2D eigenvalue weighted by atomic mass is 10.0. The Hall–Kier alpha value is -1.30. The maximum Gasteiger partial charge on any atom is -0.00168 e. The SMILES string of the molecule is C1=CC2=C(C1)c1ccccc1C2. The smallest absolute Gasteiger partial charge is 0.00168 e.